The van der Waals surface area contributed by atoms with E-state index >= 15 is 0 Å². The summed E-state index contributed by atoms with van der Waals surface area (Å²) >= 11 is 0. The number of pyridine rings is 1. The van der Waals surface area contributed by atoms with Gasteiger partial charge in [-0.25, -0.2) is 0 Å². The maximum absolute atomic E-state index is 12.6. The number of carbonyl (C=O) groups excluding carboxylic acids is 2. The van der Waals surface area contributed by atoms with Crippen molar-refractivity contribution in [3.05, 3.63) is 24.5 Å². The number of piperidine rings is 1. The smallest absolute Gasteiger partial charge is 0.224 e. The first-order chi connectivity index (χ1) is 15.3. The number of fused-ring (bicyclic) bond motifs is 5. The number of hydrogen-bond donors (Lipinski definition) is 1. The quantitative estimate of drug-likeness (QED) is 0.697. The average molecular weight is 438 g/mol. The Labute approximate surface area is 192 Å². The predicted molar refractivity (Wildman–Crippen MR) is 126 cm³/mol. The zero-order valence-corrected chi connectivity index (χ0v) is 20.0. The van der Waals surface area contributed by atoms with Crippen LogP contribution in [0.25, 0.3) is 0 Å². The van der Waals surface area contributed by atoms with E-state index in [1.54, 1.807) is 12.4 Å². The standard InChI is InChI=1S/C27H39N3O2/c1-26-14-10-22-20(6-8-23-27(22,2)15-11-25(32)30(23)3)21(26)7-4-18(26)5-9-24(31)29-19-12-16-28-17-13-19/h12-13,16-18,20-23H,4-11,14-15H2,1-3H3,(H,28,29,31)/t18-,20+,21+,22+,23-,26-,27-/m1/s1. The average Bonchev–Trinajstić information content (AvgIpc) is 3.12. The molecule has 0 aromatic carbocycles. The lowest BCUT2D eigenvalue weighted by Crippen LogP contribution is -2.61. The number of nitrogens with zero attached hydrogens (tertiary/aromatic N) is 2. The van der Waals surface area contributed by atoms with Gasteiger partial charge in [-0.3, -0.25) is 14.6 Å². The minimum atomic E-state index is 0.125. The molecule has 1 aromatic rings. The first kappa shape index (κ1) is 21.9. The molecule has 1 aliphatic heterocycles. The van der Waals surface area contributed by atoms with E-state index in [1.165, 1.54) is 38.5 Å². The van der Waals surface area contributed by atoms with Gasteiger partial charge in [-0.1, -0.05) is 13.8 Å². The molecule has 5 heteroatoms. The van der Waals surface area contributed by atoms with Gasteiger partial charge in [0.1, 0.15) is 0 Å². The maximum atomic E-state index is 12.6. The Morgan fingerprint density at radius 1 is 1.06 bits per heavy atom. The Kier molecular flexibility index (Phi) is 5.58. The second kappa shape index (κ2) is 8.14. The van der Waals surface area contributed by atoms with E-state index in [9.17, 15) is 9.59 Å². The second-order valence-electron chi connectivity index (χ2n) is 11.6. The van der Waals surface area contributed by atoms with Gasteiger partial charge in [-0.15, -0.1) is 0 Å². The predicted octanol–water partition coefficient (Wildman–Crippen LogP) is 5.28. The fraction of sp³-hybridized carbons (Fsp3) is 0.741. The molecule has 1 N–H and O–H groups in total. The van der Waals surface area contributed by atoms with Crippen molar-refractivity contribution in [1.82, 2.24) is 9.88 Å². The molecule has 0 unspecified atom stereocenters. The minimum absolute atomic E-state index is 0.125. The van der Waals surface area contributed by atoms with Crippen molar-refractivity contribution in [1.29, 1.82) is 0 Å². The van der Waals surface area contributed by atoms with E-state index in [4.69, 9.17) is 0 Å². The van der Waals surface area contributed by atoms with Crippen LogP contribution in [0.2, 0.25) is 0 Å². The summed E-state index contributed by atoms with van der Waals surface area (Å²) in [5.41, 5.74) is 1.49. The van der Waals surface area contributed by atoms with Gasteiger partial charge in [0.25, 0.3) is 0 Å². The second-order valence-corrected chi connectivity index (χ2v) is 11.6. The fourth-order valence-electron chi connectivity index (χ4n) is 8.70. The van der Waals surface area contributed by atoms with Gasteiger partial charge in [-0.2, -0.15) is 0 Å². The Balaban J connectivity index is 1.25. The van der Waals surface area contributed by atoms with E-state index < -0.39 is 0 Å². The molecule has 3 saturated carbocycles. The number of rotatable bonds is 4. The molecule has 1 aromatic heterocycles. The molecule has 2 amide bonds. The fourth-order valence-corrected chi connectivity index (χ4v) is 8.70. The van der Waals surface area contributed by atoms with E-state index in [1.807, 2.05) is 19.2 Å². The van der Waals surface area contributed by atoms with Gasteiger partial charge in [0.15, 0.2) is 0 Å². The zero-order chi connectivity index (χ0) is 22.5. The van der Waals surface area contributed by atoms with E-state index in [2.05, 4.69) is 29.0 Å². The number of hydrogen-bond acceptors (Lipinski definition) is 3. The third-order valence-corrected chi connectivity index (χ3v) is 10.4. The van der Waals surface area contributed by atoms with Gasteiger partial charge in [0, 0.05) is 44.0 Å². The van der Waals surface area contributed by atoms with Crippen molar-refractivity contribution < 1.29 is 9.59 Å². The van der Waals surface area contributed by atoms with Gasteiger partial charge in [-0.05, 0) is 98.0 Å². The first-order valence-corrected chi connectivity index (χ1v) is 12.8. The molecule has 5 rings (SSSR count). The lowest BCUT2D eigenvalue weighted by molar-refractivity contribution is -0.158. The summed E-state index contributed by atoms with van der Waals surface area (Å²) in [6.07, 6.45) is 14.5. The van der Waals surface area contributed by atoms with Gasteiger partial charge in [0.2, 0.25) is 11.8 Å². The Bertz CT molecular complexity index is 873. The highest BCUT2D eigenvalue weighted by atomic mass is 16.2. The largest absolute Gasteiger partial charge is 0.342 e. The Morgan fingerprint density at radius 3 is 2.59 bits per heavy atom. The first-order valence-electron chi connectivity index (χ1n) is 12.8. The lowest BCUT2D eigenvalue weighted by Gasteiger charge is -2.62. The summed E-state index contributed by atoms with van der Waals surface area (Å²) in [6.45, 7) is 5.03. The molecule has 174 valence electrons. The van der Waals surface area contributed by atoms with Crippen LogP contribution in [-0.4, -0.2) is 34.8 Å². The zero-order valence-electron chi connectivity index (χ0n) is 20.0. The third kappa shape index (κ3) is 3.47. The minimum Gasteiger partial charge on any atom is -0.342 e. The molecule has 5 nitrogen and oxygen atoms in total. The number of carbonyl (C=O) groups is 2. The molecule has 4 aliphatic rings. The molecule has 7 atom stereocenters. The summed E-state index contributed by atoms with van der Waals surface area (Å²) in [7, 11) is 2.04. The maximum Gasteiger partial charge on any atom is 0.224 e. The van der Waals surface area contributed by atoms with Crippen LogP contribution in [0.5, 0.6) is 0 Å². The molecule has 2 heterocycles. The summed E-state index contributed by atoms with van der Waals surface area (Å²) in [6, 6.07) is 4.13. The van der Waals surface area contributed by atoms with Crippen molar-refractivity contribution in [3.8, 4) is 0 Å². The van der Waals surface area contributed by atoms with Crippen molar-refractivity contribution in [3.63, 3.8) is 0 Å². The Morgan fingerprint density at radius 2 is 1.81 bits per heavy atom. The third-order valence-electron chi connectivity index (χ3n) is 10.4. The van der Waals surface area contributed by atoms with E-state index in [-0.39, 0.29) is 11.3 Å². The van der Waals surface area contributed by atoms with E-state index in [0.717, 1.165) is 42.7 Å². The van der Waals surface area contributed by atoms with E-state index in [0.29, 0.717) is 29.7 Å². The van der Waals surface area contributed by atoms with Gasteiger partial charge < -0.3 is 10.2 Å². The molecule has 4 fully saturated rings. The van der Waals surface area contributed by atoms with Crippen LogP contribution in [0.3, 0.4) is 0 Å². The van der Waals surface area contributed by atoms with Crippen LogP contribution in [0.1, 0.15) is 78.1 Å². The molecule has 0 spiro atoms. The highest BCUT2D eigenvalue weighted by molar-refractivity contribution is 5.90. The molecule has 0 bridgehead atoms. The molecular weight excluding hydrogens is 398 g/mol. The van der Waals surface area contributed by atoms with Crippen LogP contribution in [-0.2, 0) is 9.59 Å². The summed E-state index contributed by atoms with van der Waals surface area (Å²) in [5, 5.41) is 3.03. The number of amides is 2. The van der Waals surface area contributed by atoms with Gasteiger partial charge >= 0.3 is 0 Å². The van der Waals surface area contributed by atoms with Crippen molar-refractivity contribution in [2.45, 2.75) is 84.1 Å². The number of nitrogens with one attached hydrogen (secondary N) is 1. The summed E-state index contributed by atoms with van der Waals surface area (Å²) in [4.78, 5) is 31.0. The molecule has 32 heavy (non-hydrogen) atoms. The normalized spacial score (nSPS) is 40.9. The lowest BCUT2D eigenvalue weighted by atomic mass is 9.46. The highest BCUT2D eigenvalue weighted by Crippen LogP contribution is 2.66. The van der Waals surface area contributed by atoms with Crippen molar-refractivity contribution in [2.24, 2.45) is 34.5 Å². The molecular formula is C27H39N3O2. The number of likely N-dealkylation sites (tertiary alicyclic amines) is 1. The van der Waals surface area contributed by atoms with Crippen molar-refractivity contribution >= 4 is 17.5 Å². The van der Waals surface area contributed by atoms with Crippen LogP contribution in [0.4, 0.5) is 5.69 Å². The monoisotopic (exact) mass is 437 g/mol. The molecule has 0 radical (unpaired) electrons. The number of anilines is 1. The highest BCUT2D eigenvalue weighted by Gasteiger charge is 2.60. The summed E-state index contributed by atoms with van der Waals surface area (Å²) in [5.74, 6) is 3.46. The van der Waals surface area contributed by atoms with Crippen LogP contribution in [0, 0.1) is 34.5 Å². The summed E-state index contributed by atoms with van der Waals surface area (Å²) < 4.78 is 0. The van der Waals surface area contributed by atoms with Gasteiger partial charge in [0.05, 0.1) is 0 Å². The number of aromatic nitrogens is 1. The topological polar surface area (TPSA) is 62.3 Å². The Hall–Kier alpha value is -1.91. The van der Waals surface area contributed by atoms with Crippen LogP contribution < -0.4 is 5.32 Å². The molecule has 1 saturated heterocycles. The SMILES string of the molecule is CN1C(=O)CC[C@]2(C)[C@H]3CC[C@]4(C)[C@@H](CCC(=O)Nc5ccncc5)CC[C@H]4[C@@H]3CC[C@@H]12. The van der Waals surface area contributed by atoms with Crippen molar-refractivity contribution in [2.75, 3.05) is 12.4 Å². The molecule has 3 aliphatic carbocycles. The van der Waals surface area contributed by atoms with Crippen LogP contribution >= 0.6 is 0 Å². The van der Waals surface area contributed by atoms with Crippen LogP contribution in [0.15, 0.2) is 24.5 Å².